The van der Waals surface area contributed by atoms with E-state index in [1.807, 2.05) is 0 Å². The maximum Gasteiger partial charge on any atom is 0.263 e. The third-order valence-electron chi connectivity index (χ3n) is 2.46. The molecule has 2 rings (SSSR count). The van der Waals surface area contributed by atoms with Gasteiger partial charge in [0.25, 0.3) is 9.05 Å². The Hall–Kier alpha value is -1.04. The molecule has 7 heteroatoms. The van der Waals surface area contributed by atoms with Gasteiger partial charge in [-0.25, -0.2) is 12.8 Å². The number of nitrogens with zero attached hydrogens (tertiary/aromatic N) is 1. The van der Waals surface area contributed by atoms with E-state index in [0.717, 1.165) is 6.07 Å². The van der Waals surface area contributed by atoms with Crippen molar-refractivity contribution in [3.05, 3.63) is 41.8 Å². The van der Waals surface area contributed by atoms with Crippen molar-refractivity contribution in [1.82, 2.24) is 4.57 Å². The van der Waals surface area contributed by atoms with Gasteiger partial charge in [0, 0.05) is 39.9 Å². The Bertz CT molecular complexity index is 722. The fraction of sp³-hybridized carbons (Fsp3) is 0.0909. The van der Waals surface area contributed by atoms with E-state index in [4.69, 9.17) is 22.3 Å². The number of fused-ring (bicyclic) bond motifs is 1. The van der Waals surface area contributed by atoms with Crippen molar-refractivity contribution in [1.29, 1.82) is 0 Å². The average Bonchev–Trinajstić information content (AvgIpc) is 2.64. The van der Waals surface area contributed by atoms with E-state index in [1.165, 1.54) is 23.9 Å². The third-order valence-corrected chi connectivity index (χ3v) is 3.99. The first-order valence-electron chi connectivity index (χ1n) is 4.92. The summed E-state index contributed by atoms with van der Waals surface area (Å²) < 4.78 is 37.7. The Labute approximate surface area is 113 Å². The lowest BCUT2D eigenvalue weighted by Gasteiger charge is -1.99. The summed E-state index contributed by atoms with van der Waals surface area (Å²) in [6.07, 6.45) is 3.00. The molecule has 2 aromatic rings. The fourth-order valence-electron chi connectivity index (χ4n) is 1.74. The molecule has 0 fully saturated rings. The summed E-state index contributed by atoms with van der Waals surface area (Å²) in [5.41, 5.74) is 1.90. The van der Waals surface area contributed by atoms with Crippen molar-refractivity contribution >= 4 is 42.2 Å². The highest BCUT2D eigenvalue weighted by molar-refractivity contribution is 8.14. The van der Waals surface area contributed by atoms with E-state index in [1.54, 1.807) is 10.6 Å². The van der Waals surface area contributed by atoms with Gasteiger partial charge in [0.1, 0.15) is 10.7 Å². The zero-order valence-corrected chi connectivity index (χ0v) is 11.3. The molecule has 1 heterocycles. The maximum absolute atomic E-state index is 13.2. The lowest BCUT2D eigenvalue weighted by Crippen LogP contribution is -1.92. The molecule has 0 spiro atoms. The minimum atomic E-state index is -3.92. The molecular formula is C11H8Cl2FNO2S. The van der Waals surface area contributed by atoms with Gasteiger partial charge in [-0.05, 0) is 18.2 Å². The van der Waals surface area contributed by atoms with Crippen LogP contribution in [0, 0.1) is 5.82 Å². The Morgan fingerprint density at radius 1 is 1.39 bits per heavy atom. The minimum absolute atomic E-state index is 0.110. The number of rotatable bonds is 3. The van der Waals surface area contributed by atoms with Gasteiger partial charge in [0.05, 0.1) is 0 Å². The van der Waals surface area contributed by atoms with E-state index in [2.05, 4.69) is 0 Å². The van der Waals surface area contributed by atoms with E-state index >= 15 is 0 Å². The summed E-state index contributed by atoms with van der Waals surface area (Å²) >= 11 is 5.43. The molecule has 1 aromatic carbocycles. The smallest absolute Gasteiger partial charge is 0.263 e. The van der Waals surface area contributed by atoms with Gasteiger partial charge in [0.2, 0.25) is 0 Å². The number of hydrogen-bond acceptors (Lipinski definition) is 2. The standard InChI is InChI=1S/C11H8Cl2FNO2S/c12-4-1-5-15-7-11(18(13,16)17)9-6-8(14)2-3-10(9)15/h1-4,6-7H,5H2/b4-1+. The molecule has 0 aliphatic rings. The summed E-state index contributed by atoms with van der Waals surface area (Å²) in [5.74, 6) is -0.519. The molecule has 0 aliphatic carbocycles. The number of allylic oxidation sites excluding steroid dienone is 1. The quantitative estimate of drug-likeness (QED) is 0.815. The van der Waals surface area contributed by atoms with Crippen LogP contribution in [0.25, 0.3) is 10.9 Å². The maximum atomic E-state index is 13.2. The molecule has 0 bridgehead atoms. The highest BCUT2D eigenvalue weighted by Gasteiger charge is 2.18. The lowest BCUT2D eigenvalue weighted by atomic mass is 10.2. The van der Waals surface area contributed by atoms with Crippen LogP contribution in [0.1, 0.15) is 0 Å². The first-order chi connectivity index (χ1) is 8.43. The molecule has 18 heavy (non-hydrogen) atoms. The van der Waals surface area contributed by atoms with Crippen LogP contribution in [0.15, 0.2) is 40.9 Å². The first-order valence-corrected chi connectivity index (χ1v) is 7.66. The SMILES string of the molecule is O=S(=O)(Cl)c1cn(C/C=C/Cl)c2ccc(F)cc12. The number of benzene rings is 1. The summed E-state index contributed by atoms with van der Waals surface area (Å²) in [5, 5.41) is 0.257. The second-order valence-corrected chi connectivity index (χ2v) is 6.39. The van der Waals surface area contributed by atoms with Gasteiger partial charge < -0.3 is 4.57 Å². The molecule has 96 valence electrons. The second kappa shape index (κ2) is 4.91. The molecule has 3 nitrogen and oxygen atoms in total. The summed E-state index contributed by atoms with van der Waals surface area (Å²) in [6, 6.07) is 3.90. The monoisotopic (exact) mass is 307 g/mol. The Morgan fingerprint density at radius 3 is 2.72 bits per heavy atom. The van der Waals surface area contributed by atoms with Crippen LogP contribution >= 0.6 is 22.3 Å². The van der Waals surface area contributed by atoms with Crippen molar-refractivity contribution < 1.29 is 12.8 Å². The molecule has 0 saturated carbocycles. The largest absolute Gasteiger partial charge is 0.342 e. The van der Waals surface area contributed by atoms with Gasteiger partial charge in [-0.3, -0.25) is 0 Å². The van der Waals surface area contributed by atoms with E-state index in [0.29, 0.717) is 12.1 Å². The van der Waals surface area contributed by atoms with Crippen LogP contribution < -0.4 is 0 Å². The van der Waals surface area contributed by atoms with Crippen molar-refractivity contribution in [2.45, 2.75) is 11.4 Å². The second-order valence-electron chi connectivity index (χ2n) is 3.61. The molecule has 0 saturated heterocycles. The number of halogens is 3. The normalized spacial score (nSPS) is 12.6. The highest BCUT2D eigenvalue weighted by atomic mass is 35.7. The highest BCUT2D eigenvalue weighted by Crippen LogP contribution is 2.28. The van der Waals surface area contributed by atoms with Crippen LogP contribution in [0.2, 0.25) is 0 Å². The molecule has 0 radical (unpaired) electrons. The summed E-state index contributed by atoms with van der Waals surface area (Å²) in [6.45, 7) is 0.373. The molecule has 0 unspecified atom stereocenters. The lowest BCUT2D eigenvalue weighted by molar-refractivity contribution is 0.610. The fourth-order valence-corrected chi connectivity index (χ4v) is 2.86. The van der Waals surface area contributed by atoms with Gasteiger partial charge in [-0.15, -0.1) is 0 Å². The predicted molar refractivity (Wildman–Crippen MR) is 69.9 cm³/mol. The van der Waals surface area contributed by atoms with Gasteiger partial charge in [-0.2, -0.15) is 0 Å². The minimum Gasteiger partial charge on any atom is -0.342 e. The van der Waals surface area contributed by atoms with E-state index < -0.39 is 14.9 Å². The molecular weight excluding hydrogens is 300 g/mol. The topological polar surface area (TPSA) is 39.1 Å². The number of hydrogen-bond donors (Lipinski definition) is 0. The molecule has 0 aliphatic heterocycles. The number of aromatic nitrogens is 1. The summed E-state index contributed by atoms with van der Waals surface area (Å²) in [4.78, 5) is -0.110. The zero-order valence-electron chi connectivity index (χ0n) is 8.98. The Morgan fingerprint density at radius 2 is 2.11 bits per heavy atom. The van der Waals surface area contributed by atoms with E-state index in [-0.39, 0.29) is 10.3 Å². The third kappa shape index (κ3) is 2.53. The van der Waals surface area contributed by atoms with Gasteiger partial charge >= 0.3 is 0 Å². The zero-order chi connectivity index (χ0) is 13.3. The van der Waals surface area contributed by atoms with Crippen molar-refractivity contribution in [2.75, 3.05) is 0 Å². The van der Waals surface area contributed by atoms with Crippen LogP contribution in [0.5, 0.6) is 0 Å². The van der Waals surface area contributed by atoms with E-state index in [9.17, 15) is 12.8 Å². The van der Waals surface area contributed by atoms with Crippen molar-refractivity contribution in [3.63, 3.8) is 0 Å². The van der Waals surface area contributed by atoms with Crippen LogP contribution in [-0.4, -0.2) is 13.0 Å². The first kappa shape index (κ1) is 13.4. The Balaban J connectivity index is 2.75. The summed E-state index contributed by atoms with van der Waals surface area (Å²) in [7, 11) is 1.41. The van der Waals surface area contributed by atoms with Crippen molar-refractivity contribution in [3.8, 4) is 0 Å². The van der Waals surface area contributed by atoms with Crippen LogP contribution in [0.3, 0.4) is 0 Å². The molecule has 0 atom stereocenters. The average molecular weight is 308 g/mol. The molecule has 0 N–H and O–H groups in total. The van der Waals surface area contributed by atoms with Gasteiger partial charge in [-0.1, -0.05) is 17.7 Å². The van der Waals surface area contributed by atoms with Gasteiger partial charge in [0.15, 0.2) is 0 Å². The van der Waals surface area contributed by atoms with Crippen molar-refractivity contribution in [2.24, 2.45) is 0 Å². The van der Waals surface area contributed by atoms with Crippen LogP contribution in [0.4, 0.5) is 4.39 Å². The van der Waals surface area contributed by atoms with Crippen LogP contribution in [-0.2, 0) is 15.6 Å². The molecule has 0 amide bonds. The predicted octanol–water partition coefficient (Wildman–Crippen LogP) is 3.46. The Kier molecular flexibility index (Phi) is 3.66. The molecule has 1 aromatic heterocycles.